The van der Waals surface area contributed by atoms with Crippen molar-refractivity contribution in [2.24, 2.45) is 0 Å². The molecule has 6 heteroatoms. The summed E-state index contributed by atoms with van der Waals surface area (Å²) in [5.41, 5.74) is 2.17. The average molecular weight is 386 g/mol. The molecule has 0 aromatic heterocycles. The van der Waals surface area contributed by atoms with Crippen molar-refractivity contribution < 1.29 is 19.3 Å². The second-order valence-electron chi connectivity index (χ2n) is 6.98. The summed E-state index contributed by atoms with van der Waals surface area (Å²) < 4.78 is 16.4. The zero-order chi connectivity index (χ0) is 19.8. The van der Waals surface area contributed by atoms with Crippen LogP contribution in [0, 0.1) is 0 Å². The minimum atomic E-state index is -0.497. The Hall–Kier alpha value is -2.28. The molecule has 0 spiro atoms. The second kappa shape index (κ2) is 10.3. The lowest BCUT2D eigenvalue weighted by atomic mass is 10.2. The number of piperazine rings is 1. The number of hydrogen-bond acceptors (Lipinski definition) is 6. The number of nitrogens with zero attached hydrogens (tertiary/aromatic N) is 2. The maximum Gasteiger partial charge on any atom is 0.142 e. The number of para-hydroxylation sites is 2. The topological polar surface area (TPSA) is 54.4 Å². The average Bonchev–Trinajstić information content (AvgIpc) is 2.74. The first-order valence-electron chi connectivity index (χ1n) is 9.68. The summed E-state index contributed by atoms with van der Waals surface area (Å²) >= 11 is 0. The van der Waals surface area contributed by atoms with Crippen LogP contribution in [0.15, 0.2) is 48.5 Å². The molecule has 3 rings (SSSR count). The quantitative estimate of drug-likeness (QED) is 0.714. The van der Waals surface area contributed by atoms with Crippen molar-refractivity contribution in [2.45, 2.75) is 12.7 Å². The van der Waals surface area contributed by atoms with E-state index in [2.05, 4.69) is 15.9 Å². The molecule has 1 aliphatic rings. The van der Waals surface area contributed by atoms with Crippen molar-refractivity contribution in [2.75, 3.05) is 58.5 Å². The summed E-state index contributed by atoms with van der Waals surface area (Å²) in [6, 6.07) is 15.9. The van der Waals surface area contributed by atoms with Crippen molar-refractivity contribution in [1.29, 1.82) is 0 Å². The molecule has 0 amide bonds. The number of methoxy groups -OCH3 is 2. The Morgan fingerprint density at radius 2 is 1.75 bits per heavy atom. The summed E-state index contributed by atoms with van der Waals surface area (Å²) in [4.78, 5) is 4.62. The zero-order valence-corrected chi connectivity index (χ0v) is 16.7. The second-order valence-corrected chi connectivity index (χ2v) is 6.98. The van der Waals surface area contributed by atoms with Crippen LogP contribution >= 0.6 is 0 Å². The fraction of sp³-hybridized carbons (Fsp3) is 0.455. The van der Waals surface area contributed by atoms with E-state index >= 15 is 0 Å². The number of ether oxygens (including phenoxy) is 3. The van der Waals surface area contributed by atoms with E-state index in [9.17, 15) is 5.11 Å². The van der Waals surface area contributed by atoms with Gasteiger partial charge in [-0.2, -0.15) is 0 Å². The standard InChI is InChI=1S/C22H30N2O4/c1-26-20-7-5-6-18(14-20)16-28-17-19(25)15-23-10-12-24(13-11-23)21-8-3-4-9-22(21)27-2/h3-9,14,19,25H,10-13,15-17H2,1-2H3. The Kier molecular flexibility index (Phi) is 7.54. The minimum absolute atomic E-state index is 0.323. The van der Waals surface area contributed by atoms with Gasteiger partial charge in [-0.25, -0.2) is 0 Å². The Morgan fingerprint density at radius 1 is 0.964 bits per heavy atom. The molecule has 1 atom stereocenters. The fourth-order valence-electron chi connectivity index (χ4n) is 3.49. The van der Waals surface area contributed by atoms with Crippen LogP contribution in [0.4, 0.5) is 5.69 Å². The zero-order valence-electron chi connectivity index (χ0n) is 16.7. The molecule has 1 unspecified atom stereocenters. The molecular formula is C22H30N2O4. The smallest absolute Gasteiger partial charge is 0.142 e. The van der Waals surface area contributed by atoms with E-state index < -0.39 is 6.10 Å². The first-order valence-corrected chi connectivity index (χ1v) is 9.68. The van der Waals surface area contributed by atoms with Crippen LogP contribution in [0.1, 0.15) is 5.56 Å². The molecule has 28 heavy (non-hydrogen) atoms. The Labute approximate surface area is 167 Å². The van der Waals surface area contributed by atoms with Crippen LogP contribution in [-0.4, -0.2) is 69.7 Å². The SMILES string of the molecule is COc1cccc(COCC(O)CN2CCN(c3ccccc3OC)CC2)c1. The Bertz CT molecular complexity index is 732. The highest BCUT2D eigenvalue weighted by Gasteiger charge is 2.21. The lowest BCUT2D eigenvalue weighted by molar-refractivity contribution is 0.00909. The largest absolute Gasteiger partial charge is 0.497 e. The van der Waals surface area contributed by atoms with Gasteiger partial charge in [0.25, 0.3) is 0 Å². The fourth-order valence-corrected chi connectivity index (χ4v) is 3.49. The third-order valence-corrected chi connectivity index (χ3v) is 4.98. The van der Waals surface area contributed by atoms with Gasteiger partial charge in [-0.15, -0.1) is 0 Å². The maximum absolute atomic E-state index is 10.3. The van der Waals surface area contributed by atoms with Gasteiger partial charge < -0.3 is 24.2 Å². The van der Waals surface area contributed by atoms with E-state index in [0.29, 0.717) is 19.8 Å². The highest BCUT2D eigenvalue weighted by Crippen LogP contribution is 2.28. The number of hydrogen-bond donors (Lipinski definition) is 1. The predicted molar refractivity (Wildman–Crippen MR) is 110 cm³/mol. The van der Waals surface area contributed by atoms with Crippen molar-refractivity contribution in [3.63, 3.8) is 0 Å². The molecule has 0 saturated carbocycles. The minimum Gasteiger partial charge on any atom is -0.497 e. The number of anilines is 1. The molecular weight excluding hydrogens is 356 g/mol. The summed E-state index contributed by atoms with van der Waals surface area (Å²) in [6.45, 7) is 5.06. The van der Waals surface area contributed by atoms with E-state index in [0.717, 1.165) is 48.9 Å². The van der Waals surface area contributed by atoms with E-state index in [1.54, 1.807) is 14.2 Å². The van der Waals surface area contributed by atoms with Gasteiger partial charge in [0, 0.05) is 32.7 Å². The normalized spacial score (nSPS) is 16.0. The molecule has 1 saturated heterocycles. The van der Waals surface area contributed by atoms with Crippen LogP contribution in [0.25, 0.3) is 0 Å². The number of benzene rings is 2. The first-order chi connectivity index (χ1) is 13.7. The van der Waals surface area contributed by atoms with Crippen LogP contribution in [0.5, 0.6) is 11.5 Å². The predicted octanol–water partition coefficient (Wildman–Crippen LogP) is 2.40. The highest BCUT2D eigenvalue weighted by atomic mass is 16.5. The lowest BCUT2D eigenvalue weighted by Gasteiger charge is -2.37. The number of β-amino-alcohol motifs (C(OH)–C–C–N with tert-alkyl or cyclic N) is 1. The summed E-state index contributed by atoms with van der Waals surface area (Å²) in [6.07, 6.45) is -0.497. The van der Waals surface area contributed by atoms with Crippen molar-refractivity contribution in [1.82, 2.24) is 4.90 Å². The Balaban J connectivity index is 1.39. The highest BCUT2D eigenvalue weighted by molar-refractivity contribution is 5.58. The molecule has 0 aliphatic carbocycles. The van der Waals surface area contributed by atoms with Gasteiger partial charge in [0.05, 0.1) is 39.2 Å². The van der Waals surface area contributed by atoms with E-state index in [1.165, 1.54) is 0 Å². The molecule has 0 radical (unpaired) electrons. The van der Waals surface area contributed by atoms with Crippen LogP contribution in [-0.2, 0) is 11.3 Å². The Morgan fingerprint density at radius 3 is 2.50 bits per heavy atom. The molecule has 2 aromatic carbocycles. The summed E-state index contributed by atoms with van der Waals surface area (Å²) in [5.74, 6) is 1.72. The van der Waals surface area contributed by atoms with Gasteiger partial charge in [-0.05, 0) is 29.8 Å². The van der Waals surface area contributed by atoms with Gasteiger partial charge in [0.2, 0.25) is 0 Å². The van der Waals surface area contributed by atoms with E-state index in [4.69, 9.17) is 14.2 Å². The van der Waals surface area contributed by atoms with Crippen molar-refractivity contribution in [3.05, 3.63) is 54.1 Å². The van der Waals surface area contributed by atoms with Gasteiger partial charge >= 0.3 is 0 Å². The van der Waals surface area contributed by atoms with Crippen LogP contribution in [0.3, 0.4) is 0 Å². The van der Waals surface area contributed by atoms with Crippen molar-refractivity contribution in [3.8, 4) is 11.5 Å². The maximum atomic E-state index is 10.3. The molecule has 1 heterocycles. The number of rotatable bonds is 9. The molecule has 6 nitrogen and oxygen atoms in total. The number of aliphatic hydroxyl groups excluding tert-OH is 1. The third-order valence-electron chi connectivity index (χ3n) is 4.98. The van der Waals surface area contributed by atoms with E-state index in [-0.39, 0.29) is 0 Å². The third kappa shape index (κ3) is 5.61. The van der Waals surface area contributed by atoms with Crippen LogP contribution in [0.2, 0.25) is 0 Å². The van der Waals surface area contributed by atoms with E-state index in [1.807, 2.05) is 42.5 Å². The molecule has 1 aliphatic heterocycles. The molecule has 1 fully saturated rings. The molecule has 152 valence electrons. The van der Waals surface area contributed by atoms with Gasteiger partial charge in [0.1, 0.15) is 11.5 Å². The first kappa shape index (κ1) is 20.5. The van der Waals surface area contributed by atoms with Gasteiger partial charge in [0.15, 0.2) is 0 Å². The monoisotopic (exact) mass is 386 g/mol. The van der Waals surface area contributed by atoms with Crippen LogP contribution < -0.4 is 14.4 Å². The van der Waals surface area contributed by atoms with Gasteiger partial charge in [-0.3, -0.25) is 4.90 Å². The molecule has 1 N–H and O–H groups in total. The molecule has 0 bridgehead atoms. The molecule has 2 aromatic rings. The van der Waals surface area contributed by atoms with Crippen molar-refractivity contribution >= 4 is 5.69 Å². The summed E-state index contributed by atoms with van der Waals surface area (Å²) in [7, 11) is 3.36. The van der Waals surface area contributed by atoms with Gasteiger partial charge in [-0.1, -0.05) is 24.3 Å². The number of aliphatic hydroxyl groups is 1. The summed E-state index contributed by atoms with van der Waals surface area (Å²) in [5, 5.41) is 10.3. The lowest BCUT2D eigenvalue weighted by Crippen LogP contribution is -2.49.